The molecule has 0 aliphatic heterocycles. The van der Waals surface area contributed by atoms with E-state index >= 15 is 0 Å². The van der Waals surface area contributed by atoms with Crippen LogP contribution in [-0.4, -0.2) is 24.2 Å². The average Bonchev–Trinajstić information content (AvgIpc) is 3.10. The monoisotopic (exact) mass is 413 g/mol. The van der Waals surface area contributed by atoms with E-state index < -0.39 is 6.09 Å². The quantitative estimate of drug-likeness (QED) is 0.506. The van der Waals surface area contributed by atoms with E-state index in [1.165, 1.54) is 17.3 Å². The van der Waals surface area contributed by atoms with E-state index in [4.69, 9.17) is 21.6 Å². The number of aromatic nitrogens is 1. The zero-order chi connectivity index (χ0) is 20.9. The number of fused-ring (bicyclic) bond motifs is 3. The zero-order valence-electron chi connectivity index (χ0n) is 15.9. The Morgan fingerprint density at radius 1 is 1.13 bits per heavy atom. The first-order valence-corrected chi connectivity index (χ1v) is 9.68. The fourth-order valence-electron chi connectivity index (χ4n) is 3.51. The summed E-state index contributed by atoms with van der Waals surface area (Å²) in [5.41, 5.74) is 5.49. The van der Waals surface area contributed by atoms with Crippen molar-refractivity contribution in [3.8, 4) is 29.0 Å². The number of rotatable bonds is 3. The number of ether oxygens (including phenoxy) is 1. The Kier molecular flexibility index (Phi) is 5.66. The van der Waals surface area contributed by atoms with Crippen molar-refractivity contribution in [1.29, 1.82) is 5.26 Å². The lowest BCUT2D eigenvalue weighted by Crippen LogP contribution is -2.26. The third-order valence-corrected chi connectivity index (χ3v) is 5.16. The number of alkyl carbamates (subject to hydrolysis) is 1. The number of hydrogen-bond donors (Lipinski definition) is 1. The van der Waals surface area contributed by atoms with Crippen LogP contribution in [0.25, 0.3) is 11.1 Å². The highest BCUT2D eigenvalue weighted by atomic mass is 35.5. The maximum Gasteiger partial charge on any atom is 0.407 e. The van der Waals surface area contributed by atoms with Crippen molar-refractivity contribution in [1.82, 2.24) is 10.3 Å². The smallest absolute Gasteiger partial charge is 0.407 e. The second kappa shape index (κ2) is 8.69. The van der Waals surface area contributed by atoms with Crippen LogP contribution in [0.4, 0.5) is 4.79 Å². The van der Waals surface area contributed by atoms with Gasteiger partial charge in [0.1, 0.15) is 17.8 Å². The van der Waals surface area contributed by atoms with Gasteiger partial charge in [0.25, 0.3) is 0 Å². The maximum atomic E-state index is 12.1. The number of hydrogen-bond acceptors (Lipinski definition) is 4. The summed E-state index contributed by atoms with van der Waals surface area (Å²) in [6.45, 7) is 0.362. The molecule has 1 amide bonds. The molecule has 0 bridgehead atoms. The Bertz CT molecular complexity index is 1180. The standard InChI is InChI=1S/C24H16ClN3O2/c25-23-17(13-26)12-16(14-28-23)6-5-11-27-24(29)30-15-22-20-9-3-1-7-18(20)19-8-2-4-10-21(19)22/h1-4,7-10,12,14,22H,11,15H2,(H,27,29). The molecule has 0 fully saturated rings. The molecule has 5 nitrogen and oxygen atoms in total. The molecular weight excluding hydrogens is 398 g/mol. The van der Waals surface area contributed by atoms with Crippen molar-refractivity contribution in [3.63, 3.8) is 0 Å². The Morgan fingerprint density at radius 2 is 1.80 bits per heavy atom. The van der Waals surface area contributed by atoms with E-state index in [0.717, 1.165) is 11.1 Å². The van der Waals surface area contributed by atoms with Crippen molar-refractivity contribution in [2.24, 2.45) is 0 Å². The van der Waals surface area contributed by atoms with Crippen LogP contribution in [0.3, 0.4) is 0 Å². The summed E-state index contributed by atoms with van der Waals surface area (Å²) in [6.07, 6.45) is 0.946. The van der Waals surface area contributed by atoms with Gasteiger partial charge in [-0.05, 0) is 28.3 Å². The van der Waals surface area contributed by atoms with Gasteiger partial charge in [-0.3, -0.25) is 0 Å². The van der Waals surface area contributed by atoms with E-state index in [-0.39, 0.29) is 29.8 Å². The molecule has 1 heterocycles. The zero-order valence-corrected chi connectivity index (χ0v) is 16.6. The van der Waals surface area contributed by atoms with Crippen LogP contribution in [0.5, 0.6) is 0 Å². The van der Waals surface area contributed by atoms with Gasteiger partial charge < -0.3 is 10.1 Å². The molecule has 1 N–H and O–H groups in total. The molecule has 3 aromatic rings. The van der Waals surface area contributed by atoms with Gasteiger partial charge in [-0.15, -0.1) is 0 Å². The number of pyridine rings is 1. The summed E-state index contributed by atoms with van der Waals surface area (Å²) < 4.78 is 5.45. The van der Waals surface area contributed by atoms with E-state index in [1.807, 2.05) is 30.3 Å². The summed E-state index contributed by atoms with van der Waals surface area (Å²) in [5, 5.41) is 11.7. The molecule has 30 heavy (non-hydrogen) atoms. The molecule has 0 radical (unpaired) electrons. The highest BCUT2D eigenvalue weighted by Gasteiger charge is 2.28. The van der Waals surface area contributed by atoms with Crippen molar-refractivity contribution < 1.29 is 9.53 Å². The van der Waals surface area contributed by atoms with Crippen LogP contribution >= 0.6 is 11.6 Å². The second-order valence-corrected chi connectivity index (χ2v) is 7.01. The molecule has 146 valence electrons. The molecule has 4 rings (SSSR count). The highest BCUT2D eigenvalue weighted by molar-refractivity contribution is 6.30. The number of nitrogens with zero attached hydrogens (tertiary/aromatic N) is 2. The molecule has 0 unspecified atom stereocenters. The minimum atomic E-state index is -0.530. The molecule has 6 heteroatoms. The number of carbonyl (C=O) groups excluding carboxylic acids is 1. The topological polar surface area (TPSA) is 75.0 Å². The third kappa shape index (κ3) is 3.98. The van der Waals surface area contributed by atoms with Crippen LogP contribution in [0.1, 0.15) is 28.2 Å². The SMILES string of the molecule is N#Cc1cc(C#CCNC(=O)OCC2c3ccccc3-c3ccccc32)cnc1Cl. The fraction of sp³-hybridized carbons (Fsp3) is 0.125. The van der Waals surface area contributed by atoms with Gasteiger partial charge in [-0.2, -0.15) is 5.26 Å². The minimum absolute atomic E-state index is 0.0128. The van der Waals surface area contributed by atoms with Crippen molar-refractivity contribution in [2.45, 2.75) is 5.92 Å². The highest BCUT2D eigenvalue weighted by Crippen LogP contribution is 2.44. The molecule has 1 aliphatic rings. The minimum Gasteiger partial charge on any atom is -0.449 e. The van der Waals surface area contributed by atoms with E-state index in [1.54, 1.807) is 6.07 Å². The first-order valence-electron chi connectivity index (χ1n) is 9.30. The van der Waals surface area contributed by atoms with Crippen LogP contribution in [-0.2, 0) is 4.74 Å². The van der Waals surface area contributed by atoms with E-state index in [9.17, 15) is 4.79 Å². The number of benzene rings is 2. The summed E-state index contributed by atoms with van der Waals surface area (Å²) in [6, 6.07) is 19.8. The van der Waals surface area contributed by atoms with Gasteiger partial charge in [-0.1, -0.05) is 72.0 Å². The lowest BCUT2D eigenvalue weighted by Gasteiger charge is -2.14. The predicted octanol–water partition coefficient (Wildman–Crippen LogP) is 4.50. The van der Waals surface area contributed by atoms with Gasteiger partial charge in [-0.25, -0.2) is 9.78 Å². The molecular formula is C24H16ClN3O2. The third-order valence-electron chi connectivity index (χ3n) is 4.86. The second-order valence-electron chi connectivity index (χ2n) is 6.66. The Hall–Kier alpha value is -3.80. The Morgan fingerprint density at radius 3 is 2.47 bits per heavy atom. The molecule has 0 saturated carbocycles. The van der Waals surface area contributed by atoms with Crippen LogP contribution in [0.2, 0.25) is 5.15 Å². The summed E-state index contributed by atoms with van der Waals surface area (Å²) in [5.74, 6) is 5.65. The molecule has 1 aliphatic carbocycles. The Balaban J connectivity index is 1.35. The molecule has 0 atom stereocenters. The van der Waals surface area contributed by atoms with Crippen molar-refractivity contribution in [3.05, 3.63) is 88.2 Å². The number of amides is 1. The van der Waals surface area contributed by atoms with Crippen LogP contribution < -0.4 is 5.32 Å². The maximum absolute atomic E-state index is 12.1. The predicted molar refractivity (Wildman–Crippen MR) is 114 cm³/mol. The molecule has 0 saturated heterocycles. The molecule has 2 aromatic carbocycles. The normalized spacial score (nSPS) is 11.5. The summed E-state index contributed by atoms with van der Waals surface area (Å²) >= 11 is 5.80. The number of nitrogens with one attached hydrogen (secondary N) is 1. The van der Waals surface area contributed by atoms with Crippen LogP contribution in [0, 0.1) is 23.2 Å². The lowest BCUT2D eigenvalue weighted by atomic mass is 9.98. The molecule has 1 aromatic heterocycles. The van der Waals surface area contributed by atoms with Gasteiger partial charge in [0.15, 0.2) is 0 Å². The molecule has 0 spiro atoms. The fourth-order valence-corrected chi connectivity index (χ4v) is 3.65. The van der Waals surface area contributed by atoms with Crippen molar-refractivity contribution in [2.75, 3.05) is 13.2 Å². The summed E-state index contributed by atoms with van der Waals surface area (Å²) in [7, 11) is 0. The van der Waals surface area contributed by atoms with Gasteiger partial charge in [0.2, 0.25) is 0 Å². The number of carbonyl (C=O) groups is 1. The largest absolute Gasteiger partial charge is 0.449 e. The van der Waals surface area contributed by atoms with Gasteiger partial charge in [0.05, 0.1) is 12.1 Å². The van der Waals surface area contributed by atoms with Crippen molar-refractivity contribution >= 4 is 17.7 Å². The van der Waals surface area contributed by atoms with E-state index in [2.05, 4.69) is 46.4 Å². The van der Waals surface area contributed by atoms with E-state index in [0.29, 0.717) is 5.56 Å². The average molecular weight is 414 g/mol. The Labute approximate surface area is 179 Å². The summed E-state index contributed by atoms with van der Waals surface area (Å²) in [4.78, 5) is 16.0. The lowest BCUT2D eigenvalue weighted by molar-refractivity contribution is 0.144. The first-order chi connectivity index (χ1) is 14.7. The van der Waals surface area contributed by atoms with Crippen LogP contribution in [0.15, 0.2) is 60.8 Å². The number of halogens is 1. The first kappa shape index (κ1) is 19.5. The number of nitriles is 1. The van der Waals surface area contributed by atoms with Gasteiger partial charge in [0, 0.05) is 17.7 Å². The van der Waals surface area contributed by atoms with Gasteiger partial charge >= 0.3 is 6.09 Å².